The van der Waals surface area contributed by atoms with E-state index in [1.807, 2.05) is 11.6 Å². The number of ether oxygens (including phenoxy) is 1. The van der Waals surface area contributed by atoms with E-state index in [1.165, 1.54) is 0 Å². The number of nitrogens with two attached hydrogens (primary N) is 1. The highest BCUT2D eigenvalue weighted by atomic mass is 16.5. The number of fused-ring (bicyclic) bond motifs is 1. The molecule has 1 aliphatic heterocycles. The standard InChI is InChI=1S/C11H13N5O/c1-16-6-13-4-9(16)11-14-8-2-3-17-5-7(8)10(12)15-11/h4,6H,2-3,5H2,1H3,(H2,12,14,15). The van der Waals surface area contributed by atoms with E-state index in [2.05, 4.69) is 15.0 Å². The summed E-state index contributed by atoms with van der Waals surface area (Å²) in [6, 6.07) is 0. The molecule has 0 aliphatic carbocycles. The summed E-state index contributed by atoms with van der Waals surface area (Å²) in [6.07, 6.45) is 4.24. The van der Waals surface area contributed by atoms with E-state index < -0.39 is 0 Å². The molecule has 17 heavy (non-hydrogen) atoms. The second kappa shape index (κ2) is 3.81. The molecule has 0 aromatic carbocycles. The highest BCUT2D eigenvalue weighted by molar-refractivity contribution is 5.55. The second-order valence-corrected chi connectivity index (χ2v) is 4.05. The van der Waals surface area contributed by atoms with Crippen molar-refractivity contribution in [1.29, 1.82) is 0 Å². The van der Waals surface area contributed by atoms with E-state index >= 15 is 0 Å². The molecule has 0 amide bonds. The Labute approximate surface area is 98.5 Å². The summed E-state index contributed by atoms with van der Waals surface area (Å²) < 4.78 is 7.23. The van der Waals surface area contributed by atoms with Gasteiger partial charge in [-0.3, -0.25) is 0 Å². The van der Waals surface area contributed by atoms with Crippen LogP contribution in [0.5, 0.6) is 0 Å². The molecule has 6 heteroatoms. The van der Waals surface area contributed by atoms with Crippen LogP contribution in [-0.4, -0.2) is 26.1 Å². The van der Waals surface area contributed by atoms with Gasteiger partial charge in [-0.05, 0) is 0 Å². The summed E-state index contributed by atoms with van der Waals surface area (Å²) >= 11 is 0. The molecule has 2 aromatic rings. The monoisotopic (exact) mass is 231 g/mol. The number of anilines is 1. The third kappa shape index (κ3) is 1.66. The van der Waals surface area contributed by atoms with Gasteiger partial charge in [0, 0.05) is 19.0 Å². The number of rotatable bonds is 1. The van der Waals surface area contributed by atoms with Gasteiger partial charge in [-0.15, -0.1) is 0 Å². The lowest BCUT2D eigenvalue weighted by molar-refractivity contribution is 0.109. The molecule has 1 aliphatic rings. The fraction of sp³-hybridized carbons (Fsp3) is 0.364. The van der Waals surface area contributed by atoms with E-state index in [0.29, 0.717) is 24.9 Å². The Balaban J connectivity index is 2.14. The Hall–Kier alpha value is -1.95. The van der Waals surface area contributed by atoms with Crippen molar-refractivity contribution in [3.63, 3.8) is 0 Å². The van der Waals surface area contributed by atoms with Gasteiger partial charge in [0.25, 0.3) is 0 Å². The van der Waals surface area contributed by atoms with Gasteiger partial charge in [-0.1, -0.05) is 0 Å². The molecule has 2 N–H and O–H groups in total. The molecule has 0 unspecified atom stereocenters. The van der Waals surface area contributed by atoms with E-state index in [4.69, 9.17) is 10.5 Å². The zero-order valence-corrected chi connectivity index (χ0v) is 9.55. The van der Waals surface area contributed by atoms with Gasteiger partial charge in [0.05, 0.1) is 31.4 Å². The molecule has 3 rings (SSSR count). The molecular weight excluding hydrogens is 218 g/mol. The van der Waals surface area contributed by atoms with E-state index in [-0.39, 0.29) is 0 Å². The summed E-state index contributed by atoms with van der Waals surface area (Å²) in [6.45, 7) is 1.20. The first-order valence-corrected chi connectivity index (χ1v) is 5.45. The second-order valence-electron chi connectivity index (χ2n) is 4.05. The summed E-state index contributed by atoms with van der Waals surface area (Å²) in [5.74, 6) is 1.13. The molecule has 2 aromatic heterocycles. The zero-order valence-electron chi connectivity index (χ0n) is 9.55. The number of nitrogens with zero attached hydrogens (tertiary/aromatic N) is 4. The summed E-state index contributed by atoms with van der Waals surface area (Å²) in [5, 5.41) is 0. The maximum atomic E-state index is 5.94. The molecule has 0 spiro atoms. The van der Waals surface area contributed by atoms with E-state index in [9.17, 15) is 0 Å². The molecule has 0 fully saturated rings. The first-order chi connectivity index (χ1) is 8.25. The fourth-order valence-corrected chi connectivity index (χ4v) is 1.94. The third-order valence-corrected chi connectivity index (χ3v) is 2.90. The molecule has 88 valence electrons. The van der Waals surface area contributed by atoms with E-state index in [0.717, 1.165) is 23.4 Å². The molecule has 0 saturated heterocycles. The van der Waals surface area contributed by atoms with Gasteiger partial charge in [0.15, 0.2) is 5.82 Å². The quantitative estimate of drug-likeness (QED) is 0.774. The normalized spacial score (nSPS) is 14.6. The number of imidazole rings is 1. The Morgan fingerprint density at radius 3 is 3.06 bits per heavy atom. The number of hydrogen-bond acceptors (Lipinski definition) is 5. The van der Waals surface area contributed by atoms with Crippen LogP contribution in [0.4, 0.5) is 5.82 Å². The Kier molecular flexibility index (Phi) is 2.29. The van der Waals surface area contributed by atoms with Crippen LogP contribution in [0.3, 0.4) is 0 Å². The average Bonchev–Trinajstić information content (AvgIpc) is 2.75. The number of nitrogen functional groups attached to an aromatic ring is 1. The van der Waals surface area contributed by atoms with Crippen molar-refractivity contribution in [2.45, 2.75) is 13.0 Å². The molecule has 6 nitrogen and oxygen atoms in total. The van der Waals surface area contributed by atoms with Crippen molar-refractivity contribution in [2.24, 2.45) is 7.05 Å². The van der Waals surface area contributed by atoms with Crippen molar-refractivity contribution in [3.05, 3.63) is 23.8 Å². The minimum atomic E-state index is 0.505. The largest absolute Gasteiger partial charge is 0.383 e. The van der Waals surface area contributed by atoms with Gasteiger partial charge in [0.2, 0.25) is 0 Å². The van der Waals surface area contributed by atoms with Gasteiger partial charge in [0.1, 0.15) is 11.5 Å². The molecular formula is C11H13N5O. The summed E-state index contributed by atoms with van der Waals surface area (Å²) in [7, 11) is 1.91. The number of aromatic nitrogens is 4. The average molecular weight is 231 g/mol. The van der Waals surface area contributed by atoms with Crippen molar-refractivity contribution >= 4 is 5.82 Å². The maximum absolute atomic E-state index is 5.94. The minimum absolute atomic E-state index is 0.505. The highest BCUT2D eigenvalue weighted by Crippen LogP contribution is 2.23. The van der Waals surface area contributed by atoms with E-state index in [1.54, 1.807) is 12.5 Å². The SMILES string of the molecule is Cn1cncc1-c1nc(N)c2c(n1)CCOC2. The van der Waals surface area contributed by atoms with Crippen molar-refractivity contribution in [2.75, 3.05) is 12.3 Å². The third-order valence-electron chi connectivity index (χ3n) is 2.90. The highest BCUT2D eigenvalue weighted by Gasteiger charge is 2.18. The maximum Gasteiger partial charge on any atom is 0.180 e. The predicted molar refractivity (Wildman–Crippen MR) is 62.0 cm³/mol. The first kappa shape index (κ1) is 10.2. The van der Waals surface area contributed by atoms with Gasteiger partial charge < -0.3 is 15.0 Å². The summed E-state index contributed by atoms with van der Waals surface area (Å²) in [4.78, 5) is 12.9. The molecule has 0 atom stereocenters. The lowest BCUT2D eigenvalue weighted by Crippen LogP contribution is -2.16. The van der Waals surface area contributed by atoms with Crippen LogP contribution in [0.25, 0.3) is 11.5 Å². The zero-order chi connectivity index (χ0) is 11.8. The number of aryl methyl sites for hydroxylation is 1. The van der Waals surface area contributed by atoms with Gasteiger partial charge >= 0.3 is 0 Å². The van der Waals surface area contributed by atoms with Crippen LogP contribution in [0.15, 0.2) is 12.5 Å². The van der Waals surface area contributed by atoms with Crippen molar-refractivity contribution in [1.82, 2.24) is 19.5 Å². The molecule has 0 radical (unpaired) electrons. The van der Waals surface area contributed by atoms with Crippen molar-refractivity contribution < 1.29 is 4.74 Å². The van der Waals surface area contributed by atoms with Crippen LogP contribution >= 0.6 is 0 Å². The van der Waals surface area contributed by atoms with Gasteiger partial charge in [-0.25, -0.2) is 15.0 Å². The molecule has 0 saturated carbocycles. The van der Waals surface area contributed by atoms with Gasteiger partial charge in [-0.2, -0.15) is 0 Å². The van der Waals surface area contributed by atoms with Crippen LogP contribution in [0, 0.1) is 0 Å². The minimum Gasteiger partial charge on any atom is -0.383 e. The first-order valence-electron chi connectivity index (χ1n) is 5.45. The Morgan fingerprint density at radius 1 is 1.41 bits per heavy atom. The lowest BCUT2D eigenvalue weighted by Gasteiger charge is -2.17. The Morgan fingerprint density at radius 2 is 2.29 bits per heavy atom. The summed E-state index contributed by atoms with van der Waals surface area (Å²) in [5.41, 5.74) is 8.71. The van der Waals surface area contributed by atoms with Crippen LogP contribution in [0.2, 0.25) is 0 Å². The van der Waals surface area contributed by atoms with Crippen molar-refractivity contribution in [3.8, 4) is 11.5 Å². The van der Waals surface area contributed by atoms with Crippen LogP contribution < -0.4 is 5.73 Å². The Bertz CT molecular complexity index is 563. The molecule has 0 bridgehead atoms. The number of hydrogen-bond donors (Lipinski definition) is 1. The topological polar surface area (TPSA) is 78.9 Å². The lowest BCUT2D eigenvalue weighted by atomic mass is 10.1. The molecule has 3 heterocycles. The predicted octanol–water partition coefficient (Wildman–Crippen LogP) is 0.532. The smallest absolute Gasteiger partial charge is 0.180 e. The van der Waals surface area contributed by atoms with Crippen LogP contribution in [-0.2, 0) is 24.8 Å². The fourth-order valence-electron chi connectivity index (χ4n) is 1.94. The van der Waals surface area contributed by atoms with Crippen LogP contribution in [0.1, 0.15) is 11.3 Å².